The fourth-order valence-corrected chi connectivity index (χ4v) is 4.26. The quantitative estimate of drug-likeness (QED) is 0.501. The van der Waals surface area contributed by atoms with Gasteiger partial charge in [-0.25, -0.2) is 9.50 Å². The Hall–Kier alpha value is -3.59. The molecule has 0 unspecified atom stereocenters. The van der Waals surface area contributed by atoms with Crippen molar-refractivity contribution in [3.8, 4) is 11.3 Å². The molecule has 0 spiro atoms. The smallest absolute Gasteiger partial charge is 0.255 e. The Morgan fingerprint density at radius 3 is 2.75 bits per heavy atom. The topological polar surface area (TPSA) is 110 Å². The molecule has 5 rings (SSSR count). The number of nitrogens with zero attached hydrogens (tertiary/aromatic N) is 6. The zero-order chi connectivity index (χ0) is 22.1. The van der Waals surface area contributed by atoms with Crippen LogP contribution >= 0.6 is 0 Å². The number of pyridine rings is 2. The lowest BCUT2D eigenvalue weighted by atomic mass is 9.92. The van der Waals surface area contributed by atoms with E-state index in [1.165, 1.54) is 6.33 Å². The van der Waals surface area contributed by atoms with Crippen molar-refractivity contribution in [2.75, 3.05) is 0 Å². The molecule has 1 saturated carbocycles. The minimum atomic E-state index is -0.505. The summed E-state index contributed by atoms with van der Waals surface area (Å²) >= 11 is 0. The second-order valence-corrected chi connectivity index (χ2v) is 8.35. The molecule has 0 saturated heterocycles. The van der Waals surface area contributed by atoms with Crippen LogP contribution in [0.15, 0.2) is 49.3 Å². The van der Waals surface area contributed by atoms with Gasteiger partial charge in [0.15, 0.2) is 5.65 Å². The number of carbonyl (C=O) groups is 1. The molecule has 0 aliphatic heterocycles. The van der Waals surface area contributed by atoms with Crippen LogP contribution in [0, 0.1) is 0 Å². The van der Waals surface area contributed by atoms with Crippen LogP contribution in [-0.2, 0) is 13.5 Å². The molecule has 4 aromatic heterocycles. The Labute approximate surface area is 185 Å². The van der Waals surface area contributed by atoms with Crippen LogP contribution in [0.1, 0.15) is 47.2 Å². The highest BCUT2D eigenvalue weighted by molar-refractivity contribution is 6.00. The van der Waals surface area contributed by atoms with Gasteiger partial charge in [0.25, 0.3) is 5.91 Å². The maximum atomic E-state index is 13.1. The predicted octanol–water partition coefficient (Wildman–Crippen LogP) is 2.15. The molecule has 32 heavy (non-hydrogen) atoms. The van der Waals surface area contributed by atoms with Crippen molar-refractivity contribution in [3.05, 3.63) is 66.0 Å². The molecule has 2 atom stereocenters. The summed E-state index contributed by atoms with van der Waals surface area (Å²) in [6, 6.07) is 5.62. The number of aliphatic hydroxyl groups is 1. The summed E-state index contributed by atoms with van der Waals surface area (Å²) in [7, 11) is 1.88. The van der Waals surface area contributed by atoms with E-state index in [4.69, 9.17) is 0 Å². The largest absolute Gasteiger partial charge is 0.391 e. The van der Waals surface area contributed by atoms with E-state index < -0.39 is 6.10 Å². The van der Waals surface area contributed by atoms with Crippen molar-refractivity contribution in [1.82, 2.24) is 34.7 Å². The summed E-state index contributed by atoms with van der Waals surface area (Å²) in [6.07, 6.45) is 12.5. The second kappa shape index (κ2) is 8.51. The maximum Gasteiger partial charge on any atom is 0.255 e. The summed E-state index contributed by atoms with van der Waals surface area (Å²) in [5, 5.41) is 21.6. The van der Waals surface area contributed by atoms with E-state index in [-0.39, 0.29) is 11.9 Å². The van der Waals surface area contributed by atoms with Crippen molar-refractivity contribution in [2.24, 2.45) is 7.05 Å². The van der Waals surface area contributed by atoms with Crippen LogP contribution in [0.2, 0.25) is 0 Å². The van der Waals surface area contributed by atoms with Crippen LogP contribution in [0.4, 0.5) is 0 Å². The number of hydrogen-bond donors (Lipinski definition) is 2. The number of fused-ring (bicyclic) bond motifs is 1. The number of carbonyl (C=O) groups excluding carboxylic acids is 1. The molecular weight excluding hydrogens is 406 g/mol. The van der Waals surface area contributed by atoms with Gasteiger partial charge in [-0.3, -0.25) is 14.5 Å². The van der Waals surface area contributed by atoms with E-state index in [1.54, 1.807) is 15.4 Å². The maximum absolute atomic E-state index is 13.1. The van der Waals surface area contributed by atoms with Crippen molar-refractivity contribution in [2.45, 2.75) is 44.2 Å². The molecule has 0 aromatic carbocycles. The zero-order valence-corrected chi connectivity index (χ0v) is 17.8. The van der Waals surface area contributed by atoms with E-state index >= 15 is 0 Å². The fourth-order valence-electron chi connectivity index (χ4n) is 4.26. The Bertz CT molecular complexity index is 1240. The van der Waals surface area contributed by atoms with Gasteiger partial charge in [0, 0.05) is 37.6 Å². The average Bonchev–Trinajstić information content (AvgIpc) is 3.44. The van der Waals surface area contributed by atoms with Crippen molar-refractivity contribution in [3.63, 3.8) is 0 Å². The molecule has 4 heterocycles. The number of hydrogen-bond acceptors (Lipinski definition) is 6. The van der Waals surface area contributed by atoms with E-state index in [0.29, 0.717) is 24.1 Å². The number of aryl methyl sites for hydroxylation is 1. The lowest BCUT2D eigenvalue weighted by molar-refractivity contribution is 0.0718. The van der Waals surface area contributed by atoms with Crippen LogP contribution < -0.4 is 5.32 Å². The molecule has 1 fully saturated rings. The molecule has 1 amide bonds. The Kier molecular flexibility index (Phi) is 5.40. The highest BCUT2D eigenvalue weighted by Crippen LogP contribution is 2.21. The normalized spacial score (nSPS) is 18.7. The molecule has 4 aromatic rings. The van der Waals surface area contributed by atoms with Crippen molar-refractivity contribution in [1.29, 1.82) is 0 Å². The molecule has 0 radical (unpaired) electrons. The number of aromatic nitrogens is 6. The fraction of sp³-hybridized carbons (Fsp3) is 0.348. The first-order valence-corrected chi connectivity index (χ1v) is 10.8. The minimum Gasteiger partial charge on any atom is -0.391 e. The Morgan fingerprint density at radius 1 is 1.12 bits per heavy atom. The molecule has 9 nitrogen and oxygen atoms in total. The highest BCUT2D eigenvalue weighted by Gasteiger charge is 2.26. The third-order valence-electron chi connectivity index (χ3n) is 5.96. The number of aliphatic hydroxyl groups excluding tert-OH is 1. The zero-order valence-electron chi connectivity index (χ0n) is 17.8. The first-order chi connectivity index (χ1) is 15.6. The average molecular weight is 432 g/mol. The predicted molar refractivity (Wildman–Crippen MR) is 118 cm³/mol. The molecular formula is C23H25N7O2. The van der Waals surface area contributed by atoms with Gasteiger partial charge in [0.05, 0.1) is 29.6 Å². The molecule has 0 bridgehead atoms. The first kappa shape index (κ1) is 20.3. The Morgan fingerprint density at radius 2 is 2.00 bits per heavy atom. The van der Waals surface area contributed by atoms with Crippen molar-refractivity contribution >= 4 is 11.6 Å². The van der Waals surface area contributed by atoms with Gasteiger partial charge >= 0.3 is 0 Å². The minimum absolute atomic E-state index is 0.230. The van der Waals surface area contributed by atoms with Gasteiger partial charge in [0.1, 0.15) is 6.33 Å². The van der Waals surface area contributed by atoms with Crippen molar-refractivity contribution < 1.29 is 9.90 Å². The molecule has 164 valence electrons. The summed E-state index contributed by atoms with van der Waals surface area (Å²) in [4.78, 5) is 21.9. The van der Waals surface area contributed by atoms with Gasteiger partial charge in [-0.05, 0) is 36.1 Å². The van der Waals surface area contributed by atoms with Crippen LogP contribution in [-0.4, -0.2) is 52.5 Å². The van der Waals surface area contributed by atoms with Gasteiger partial charge in [-0.2, -0.15) is 10.2 Å². The lowest BCUT2D eigenvalue weighted by Crippen LogP contribution is -2.45. The molecule has 1 aliphatic carbocycles. The van der Waals surface area contributed by atoms with E-state index in [1.807, 2.05) is 43.8 Å². The van der Waals surface area contributed by atoms with E-state index in [2.05, 4.69) is 25.5 Å². The van der Waals surface area contributed by atoms with Gasteiger partial charge in [-0.1, -0.05) is 18.9 Å². The Balaban J connectivity index is 1.38. The van der Waals surface area contributed by atoms with Crippen LogP contribution in [0.5, 0.6) is 0 Å². The standard InChI is InChI=1S/C23H25N7O2/c1-29-13-17(11-26-29)19-7-6-15(10-24-19)8-16-9-18(22-25-14-27-30(22)12-16)23(32)28-20-4-2-3-5-21(20)31/h6-7,9-14,20-21,31H,2-5,8H2,1H3,(H,28,32)/t20-,21-/m0/s1. The number of nitrogens with one attached hydrogen (secondary N) is 1. The van der Waals surface area contributed by atoms with Crippen LogP contribution in [0.3, 0.4) is 0 Å². The molecule has 1 aliphatic rings. The molecule has 9 heteroatoms. The van der Waals surface area contributed by atoms with Crippen LogP contribution in [0.25, 0.3) is 16.9 Å². The monoisotopic (exact) mass is 431 g/mol. The van der Waals surface area contributed by atoms with Gasteiger partial charge in [-0.15, -0.1) is 0 Å². The third-order valence-corrected chi connectivity index (χ3v) is 5.96. The first-order valence-electron chi connectivity index (χ1n) is 10.8. The third kappa shape index (κ3) is 4.11. The number of amides is 1. The van der Waals surface area contributed by atoms with Gasteiger partial charge in [0.2, 0.25) is 0 Å². The number of rotatable bonds is 5. The molecule has 2 N–H and O–H groups in total. The SMILES string of the molecule is Cn1cc(-c2ccc(Cc3cc(C(=O)N[C@H]4CCCC[C@@H]4O)c4ncnn4c3)cn2)cn1. The van der Waals surface area contributed by atoms with E-state index in [9.17, 15) is 9.90 Å². The summed E-state index contributed by atoms with van der Waals surface area (Å²) in [6.45, 7) is 0. The summed E-state index contributed by atoms with van der Waals surface area (Å²) < 4.78 is 3.37. The van der Waals surface area contributed by atoms with E-state index in [0.717, 1.165) is 41.6 Å². The lowest BCUT2D eigenvalue weighted by Gasteiger charge is -2.28. The van der Waals surface area contributed by atoms with Gasteiger partial charge < -0.3 is 10.4 Å². The summed E-state index contributed by atoms with van der Waals surface area (Å²) in [5.74, 6) is -0.235. The highest BCUT2D eigenvalue weighted by atomic mass is 16.3. The summed E-state index contributed by atoms with van der Waals surface area (Å²) in [5.41, 5.74) is 4.73. The second-order valence-electron chi connectivity index (χ2n) is 8.35.